The Morgan fingerprint density at radius 1 is 0.920 bits per heavy atom. The smallest absolute Gasteiger partial charge is 0.260 e. The Balaban J connectivity index is 2.30. The van der Waals surface area contributed by atoms with E-state index < -0.39 is 32.3 Å². The summed E-state index contributed by atoms with van der Waals surface area (Å²) in [4.78, 5) is 0.108. The van der Waals surface area contributed by atoms with Gasteiger partial charge in [0, 0.05) is 0 Å². The van der Waals surface area contributed by atoms with Crippen LogP contribution < -0.4 is 4.72 Å². The quantitative estimate of drug-likeness (QED) is 0.742. The van der Waals surface area contributed by atoms with Crippen LogP contribution in [0.3, 0.4) is 0 Å². The molecule has 0 saturated carbocycles. The first-order valence-corrected chi connectivity index (χ1v) is 10.9. The van der Waals surface area contributed by atoms with Crippen molar-refractivity contribution in [1.29, 1.82) is 0 Å². The number of hydrogen-bond donors (Lipinski definition) is 1. The lowest BCUT2D eigenvalue weighted by Crippen LogP contribution is -2.38. The molecule has 0 amide bonds. The first-order chi connectivity index (χ1) is 11.6. The molecule has 6 nitrogen and oxygen atoms in total. The van der Waals surface area contributed by atoms with E-state index in [-0.39, 0.29) is 4.90 Å². The zero-order valence-electron chi connectivity index (χ0n) is 14.2. The van der Waals surface area contributed by atoms with Crippen LogP contribution >= 0.6 is 0 Å². The van der Waals surface area contributed by atoms with Gasteiger partial charge in [0.25, 0.3) is 10.1 Å². The molecule has 25 heavy (non-hydrogen) atoms. The molecular weight excluding hydrogens is 362 g/mol. The predicted octanol–water partition coefficient (Wildman–Crippen LogP) is 2.38. The Bertz CT molecular complexity index is 907. The van der Waals surface area contributed by atoms with Gasteiger partial charge in [0.1, 0.15) is 6.10 Å². The van der Waals surface area contributed by atoms with Gasteiger partial charge in [-0.2, -0.15) is 8.42 Å². The lowest BCUT2D eigenvalue weighted by molar-refractivity contribution is 0.182. The van der Waals surface area contributed by atoms with Crippen molar-refractivity contribution >= 4 is 20.1 Å². The van der Waals surface area contributed by atoms with E-state index >= 15 is 0 Å². The molecule has 0 bridgehead atoms. The van der Waals surface area contributed by atoms with E-state index in [1.807, 2.05) is 6.92 Å². The average Bonchev–Trinajstić information content (AvgIpc) is 2.52. The van der Waals surface area contributed by atoms with Crippen LogP contribution in [0.5, 0.6) is 0 Å². The van der Waals surface area contributed by atoms with Crippen molar-refractivity contribution in [2.24, 2.45) is 0 Å². The SMILES string of the molecule is Cc1ccc(S(=O)(=O)N[C@@H](C)[C@H](OS(C)(=O)=O)c2ccccc2)cc1. The molecule has 0 aliphatic heterocycles. The maximum Gasteiger partial charge on any atom is 0.265 e. The fourth-order valence-electron chi connectivity index (χ4n) is 2.35. The summed E-state index contributed by atoms with van der Waals surface area (Å²) in [5, 5.41) is 0. The zero-order valence-corrected chi connectivity index (χ0v) is 15.8. The highest BCUT2D eigenvalue weighted by Gasteiger charge is 2.28. The predicted molar refractivity (Wildman–Crippen MR) is 96.1 cm³/mol. The third-order valence-corrected chi connectivity index (χ3v) is 5.66. The van der Waals surface area contributed by atoms with E-state index in [0.717, 1.165) is 11.8 Å². The van der Waals surface area contributed by atoms with Crippen LogP contribution in [0.4, 0.5) is 0 Å². The second-order valence-electron chi connectivity index (χ2n) is 5.85. The van der Waals surface area contributed by atoms with Gasteiger partial charge in [-0.05, 0) is 31.5 Å². The summed E-state index contributed by atoms with van der Waals surface area (Å²) >= 11 is 0. The summed E-state index contributed by atoms with van der Waals surface area (Å²) in [6.45, 7) is 3.42. The van der Waals surface area contributed by atoms with Gasteiger partial charge in [-0.15, -0.1) is 0 Å². The molecule has 1 N–H and O–H groups in total. The molecule has 0 heterocycles. The lowest BCUT2D eigenvalue weighted by atomic mass is 10.0. The Morgan fingerprint density at radius 2 is 1.48 bits per heavy atom. The molecule has 2 aromatic rings. The molecular formula is C17H21NO5S2. The molecule has 0 saturated heterocycles. The maximum atomic E-state index is 12.5. The normalized spacial score (nSPS) is 14.8. The fraction of sp³-hybridized carbons (Fsp3) is 0.294. The molecule has 0 aliphatic carbocycles. The molecule has 0 fully saturated rings. The van der Waals surface area contributed by atoms with Crippen LogP contribution in [0, 0.1) is 6.92 Å². The first kappa shape index (κ1) is 19.6. The highest BCUT2D eigenvalue weighted by molar-refractivity contribution is 7.89. The van der Waals surface area contributed by atoms with Gasteiger partial charge in [0.15, 0.2) is 0 Å². The second-order valence-corrected chi connectivity index (χ2v) is 9.17. The Labute approximate surface area is 149 Å². The number of aryl methyl sites for hydroxylation is 1. The molecule has 0 aromatic heterocycles. The van der Waals surface area contributed by atoms with Gasteiger partial charge < -0.3 is 0 Å². The van der Waals surface area contributed by atoms with Crippen molar-refractivity contribution < 1.29 is 21.0 Å². The summed E-state index contributed by atoms with van der Waals surface area (Å²) in [5.41, 5.74) is 1.50. The third-order valence-electron chi connectivity index (χ3n) is 3.53. The zero-order chi connectivity index (χ0) is 18.7. The molecule has 8 heteroatoms. The van der Waals surface area contributed by atoms with Gasteiger partial charge in [-0.25, -0.2) is 13.1 Å². The second kappa shape index (κ2) is 7.65. The van der Waals surface area contributed by atoms with Crippen LogP contribution in [0.15, 0.2) is 59.5 Å². The molecule has 0 aliphatic rings. The molecule has 2 rings (SSSR count). The van der Waals surface area contributed by atoms with Crippen molar-refractivity contribution in [3.05, 3.63) is 65.7 Å². The Hall–Kier alpha value is -1.74. The minimum absolute atomic E-state index is 0.108. The highest BCUT2D eigenvalue weighted by Crippen LogP contribution is 2.24. The number of sulfonamides is 1. The van der Waals surface area contributed by atoms with Crippen LogP contribution in [-0.4, -0.2) is 29.1 Å². The van der Waals surface area contributed by atoms with Crippen LogP contribution in [-0.2, 0) is 24.3 Å². The topological polar surface area (TPSA) is 89.5 Å². The van der Waals surface area contributed by atoms with Crippen molar-refractivity contribution in [1.82, 2.24) is 4.72 Å². The number of nitrogens with one attached hydrogen (secondary N) is 1. The van der Waals surface area contributed by atoms with Crippen molar-refractivity contribution in [2.45, 2.75) is 30.9 Å². The highest BCUT2D eigenvalue weighted by atomic mass is 32.2. The lowest BCUT2D eigenvalue weighted by Gasteiger charge is -2.24. The van der Waals surface area contributed by atoms with E-state index in [2.05, 4.69) is 4.72 Å². The van der Waals surface area contributed by atoms with Gasteiger partial charge in [-0.1, -0.05) is 48.0 Å². The van der Waals surface area contributed by atoms with E-state index in [1.165, 1.54) is 12.1 Å². The minimum Gasteiger partial charge on any atom is -0.260 e. The van der Waals surface area contributed by atoms with Crippen LogP contribution in [0.25, 0.3) is 0 Å². The average molecular weight is 383 g/mol. The molecule has 0 spiro atoms. The standard InChI is InChI=1S/C17H21NO5S2/c1-13-9-11-16(12-10-13)25(21,22)18-14(2)17(23-24(3,19)20)15-7-5-4-6-8-15/h4-12,14,17-18H,1-3H3/t14-,17-/m0/s1. The van der Waals surface area contributed by atoms with E-state index in [9.17, 15) is 16.8 Å². The van der Waals surface area contributed by atoms with Crippen molar-refractivity contribution in [2.75, 3.05) is 6.26 Å². The third kappa shape index (κ3) is 5.64. The summed E-state index contributed by atoms with van der Waals surface area (Å²) in [6.07, 6.45) is -0.0409. The van der Waals surface area contributed by atoms with E-state index in [4.69, 9.17) is 4.18 Å². The van der Waals surface area contributed by atoms with Crippen LogP contribution in [0.2, 0.25) is 0 Å². The molecule has 0 radical (unpaired) electrons. The molecule has 0 unspecified atom stereocenters. The van der Waals surface area contributed by atoms with E-state index in [0.29, 0.717) is 5.56 Å². The molecule has 2 aromatic carbocycles. The summed E-state index contributed by atoms with van der Waals surface area (Å²) in [5.74, 6) is 0. The summed E-state index contributed by atoms with van der Waals surface area (Å²) in [6, 6.07) is 14.2. The largest absolute Gasteiger partial charge is 0.265 e. The van der Waals surface area contributed by atoms with E-state index in [1.54, 1.807) is 49.4 Å². The Morgan fingerprint density at radius 3 is 2.00 bits per heavy atom. The number of hydrogen-bond acceptors (Lipinski definition) is 5. The van der Waals surface area contributed by atoms with Gasteiger partial charge >= 0.3 is 0 Å². The molecule has 2 atom stereocenters. The fourth-order valence-corrected chi connectivity index (χ4v) is 4.25. The van der Waals surface area contributed by atoms with Gasteiger partial charge in [0.2, 0.25) is 10.0 Å². The van der Waals surface area contributed by atoms with Crippen molar-refractivity contribution in [3.63, 3.8) is 0 Å². The van der Waals surface area contributed by atoms with Crippen molar-refractivity contribution in [3.8, 4) is 0 Å². The van der Waals surface area contributed by atoms with Gasteiger partial charge in [0.05, 0.1) is 17.2 Å². The number of benzene rings is 2. The summed E-state index contributed by atoms with van der Waals surface area (Å²) < 4.78 is 55.9. The maximum absolute atomic E-state index is 12.5. The monoisotopic (exact) mass is 383 g/mol. The Kier molecular flexibility index (Phi) is 5.99. The number of rotatable bonds is 7. The van der Waals surface area contributed by atoms with Crippen LogP contribution in [0.1, 0.15) is 24.2 Å². The first-order valence-electron chi connectivity index (χ1n) is 7.61. The summed E-state index contributed by atoms with van der Waals surface area (Å²) in [7, 11) is -7.59. The minimum atomic E-state index is -3.81. The van der Waals surface area contributed by atoms with Gasteiger partial charge in [-0.3, -0.25) is 4.18 Å². The molecule has 136 valence electrons.